The Kier molecular flexibility index (Phi) is 3.84. The highest BCUT2D eigenvalue weighted by Crippen LogP contribution is 2.27. The molecule has 8 nitrogen and oxygen atoms in total. The predicted molar refractivity (Wildman–Crippen MR) is 103 cm³/mol. The molecule has 5 rings (SSSR count). The number of benzene rings is 2. The number of nitrogen functional groups attached to an aromatic ring is 1. The minimum Gasteiger partial charge on any atom is -0.424 e. The fraction of sp³-hybridized carbons (Fsp3) is 0.211. The monoisotopic (exact) mass is 362 g/mol. The number of fused-ring (bicyclic) bond motifs is 2. The van der Waals surface area contributed by atoms with Crippen LogP contribution in [0.1, 0.15) is 0 Å². The average Bonchev–Trinajstić information content (AvgIpc) is 2.88. The van der Waals surface area contributed by atoms with Crippen LogP contribution in [0.5, 0.6) is 0 Å². The van der Waals surface area contributed by atoms with E-state index in [1.165, 1.54) is 0 Å². The minimum absolute atomic E-state index is 0.173. The number of aromatic nitrogens is 3. The molecular formula is C19H18N6O2. The maximum Gasteiger partial charge on any atom is 0.292 e. The summed E-state index contributed by atoms with van der Waals surface area (Å²) in [5.74, 6) is 0.853. The first-order valence-electron chi connectivity index (χ1n) is 8.79. The summed E-state index contributed by atoms with van der Waals surface area (Å²) in [5.41, 5.74) is 13.7. The Hall–Kier alpha value is -3.23. The van der Waals surface area contributed by atoms with Gasteiger partial charge in [-0.3, -0.25) is 9.82 Å². The summed E-state index contributed by atoms with van der Waals surface area (Å²) < 4.78 is 5.35. The van der Waals surface area contributed by atoms with Crippen molar-refractivity contribution in [2.45, 2.75) is 0 Å². The smallest absolute Gasteiger partial charge is 0.292 e. The first-order valence-corrected chi connectivity index (χ1v) is 8.79. The SMILES string of the molecule is Nc1nc2cc(-c3ccc4ncc(N5CCNOCC5)nc4c3)ccc2o1. The Balaban J connectivity index is 1.54. The lowest BCUT2D eigenvalue weighted by molar-refractivity contribution is 0.0589. The molecule has 0 bridgehead atoms. The summed E-state index contributed by atoms with van der Waals surface area (Å²) >= 11 is 0. The number of anilines is 2. The number of hydrogen-bond donors (Lipinski definition) is 2. The summed E-state index contributed by atoms with van der Waals surface area (Å²) in [6.45, 7) is 2.96. The zero-order valence-corrected chi connectivity index (χ0v) is 14.6. The van der Waals surface area contributed by atoms with Crippen LogP contribution >= 0.6 is 0 Å². The Bertz CT molecular complexity index is 1120. The molecule has 0 spiro atoms. The lowest BCUT2D eigenvalue weighted by Crippen LogP contribution is -2.29. The molecule has 1 aliphatic rings. The van der Waals surface area contributed by atoms with E-state index >= 15 is 0 Å². The van der Waals surface area contributed by atoms with Crippen LogP contribution in [0.4, 0.5) is 11.8 Å². The highest BCUT2D eigenvalue weighted by atomic mass is 16.6. The van der Waals surface area contributed by atoms with Gasteiger partial charge in [0.2, 0.25) is 0 Å². The fourth-order valence-corrected chi connectivity index (χ4v) is 3.28. The highest BCUT2D eigenvalue weighted by Gasteiger charge is 2.13. The van der Waals surface area contributed by atoms with E-state index in [0.717, 1.165) is 53.1 Å². The molecule has 0 saturated carbocycles. The third kappa shape index (κ3) is 3.05. The number of hydrogen-bond acceptors (Lipinski definition) is 8. The molecule has 2 aromatic heterocycles. The van der Waals surface area contributed by atoms with Crippen molar-refractivity contribution in [3.8, 4) is 11.1 Å². The number of nitrogens with one attached hydrogen (secondary N) is 1. The third-order valence-electron chi connectivity index (χ3n) is 4.64. The van der Waals surface area contributed by atoms with Crippen LogP contribution in [0.25, 0.3) is 33.3 Å². The number of oxazole rings is 1. The van der Waals surface area contributed by atoms with E-state index in [0.29, 0.717) is 12.2 Å². The molecule has 2 aromatic carbocycles. The van der Waals surface area contributed by atoms with Crippen molar-refractivity contribution in [1.29, 1.82) is 0 Å². The van der Waals surface area contributed by atoms with Gasteiger partial charge in [-0.15, -0.1) is 0 Å². The summed E-state index contributed by atoms with van der Waals surface area (Å²) in [5, 5.41) is 0. The van der Waals surface area contributed by atoms with Crippen molar-refractivity contribution >= 4 is 34.0 Å². The Morgan fingerprint density at radius 3 is 2.74 bits per heavy atom. The van der Waals surface area contributed by atoms with E-state index in [1.807, 2.05) is 42.6 Å². The molecule has 1 saturated heterocycles. The van der Waals surface area contributed by atoms with Crippen molar-refractivity contribution in [2.24, 2.45) is 0 Å². The standard InChI is InChI=1S/C19H18N6O2/c20-19-24-16-10-13(2-4-17(16)27-19)12-1-3-14-15(9-12)23-18(11-21-14)25-6-5-22-26-8-7-25/h1-4,9-11,22H,5-8H2,(H2,20,24). The van der Waals surface area contributed by atoms with Gasteiger partial charge in [-0.1, -0.05) is 12.1 Å². The van der Waals surface area contributed by atoms with Crippen LogP contribution in [-0.4, -0.2) is 41.2 Å². The number of hydroxylamine groups is 1. The first-order chi connectivity index (χ1) is 13.3. The van der Waals surface area contributed by atoms with Crippen molar-refractivity contribution in [2.75, 3.05) is 36.9 Å². The number of nitrogens with two attached hydrogens (primary N) is 1. The third-order valence-corrected chi connectivity index (χ3v) is 4.64. The molecule has 1 aliphatic heterocycles. The molecule has 0 radical (unpaired) electrons. The summed E-state index contributed by atoms with van der Waals surface area (Å²) in [7, 11) is 0. The zero-order valence-electron chi connectivity index (χ0n) is 14.6. The van der Waals surface area contributed by atoms with E-state index < -0.39 is 0 Å². The van der Waals surface area contributed by atoms with Crippen molar-refractivity contribution in [1.82, 2.24) is 20.4 Å². The van der Waals surface area contributed by atoms with Crippen LogP contribution in [-0.2, 0) is 4.84 Å². The fourth-order valence-electron chi connectivity index (χ4n) is 3.28. The van der Waals surface area contributed by atoms with Gasteiger partial charge in [-0.2, -0.15) is 4.98 Å². The maximum absolute atomic E-state index is 5.64. The van der Waals surface area contributed by atoms with Gasteiger partial charge in [0.05, 0.1) is 23.8 Å². The van der Waals surface area contributed by atoms with Gasteiger partial charge in [-0.25, -0.2) is 10.5 Å². The molecule has 136 valence electrons. The zero-order chi connectivity index (χ0) is 18.2. The normalized spacial score (nSPS) is 15.3. The molecule has 3 N–H and O–H groups in total. The van der Waals surface area contributed by atoms with E-state index in [1.54, 1.807) is 0 Å². The second-order valence-electron chi connectivity index (χ2n) is 6.40. The van der Waals surface area contributed by atoms with Gasteiger partial charge >= 0.3 is 0 Å². The summed E-state index contributed by atoms with van der Waals surface area (Å²) in [4.78, 5) is 21.0. The summed E-state index contributed by atoms with van der Waals surface area (Å²) in [6, 6.07) is 12.1. The van der Waals surface area contributed by atoms with Gasteiger partial charge in [0.1, 0.15) is 11.3 Å². The van der Waals surface area contributed by atoms with Crippen molar-refractivity contribution in [3.05, 3.63) is 42.6 Å². The molecule has 0 atom stereocenters. The number of rotatable bonds is 2. The van der Waals surface area contributed by atoms with Crippen LogP contribution in [0.2, 0.25) is 0 Å². The molecule has 0 amide bonds. The molecule has 4 aromatic rings. The van der Waals surface area contributed by atoms with Gasteiger partial charge < -0.3 is 15.1 Å². The molecule has 0 unspecified atom stereocenters. The van der Waals surface area contributed by atoms with Crippen LogP contribution < -0.4 is 16.1 Å². The molecular weight excluding hydrogens is 344 g/mol. The van der Waals surface area contributed by atoms with Crippen LogP contribution in [0, 0.1) is 0 Å². The van der Waals surface area contributed by atoms with E-state index in [9.17, 15) is 0 Å². The quantitative estimate of drug-likeness (QED) is 0.560. The number of nitrogens with zero attached hydrogens (tertiary/aromatic N) is 4. The Morgan fingerprint density at radius 1 is 0.963 bits per heavy atom. The molecule has 8 heteroatoms. The molecule has 0 aliphatic carbocycles. The van der Waals surface area contributed by atoms with Gasteiger partial charge in [-0.05, 0) is 35.4 Å². The van der Waals surface area contributed by atoms with E-state index in [4.69, 9.17) is 20.0 Å². The van der Waals surface area contributed by atoms with Crippen LogP contribution in [0.15, 0.2) is 47.0 Å². The Morgan fingerprint density at radius 2 is 1.81 bits per heavy atom. The van der Waals surface area contributed by atoms with Gasteiger partial charge in [0, 0.05) is 19.6 Å². The largest absolute Gasteiger partial charge is 0.424 e. The topological polar surface area (TPSA) is 102 Å². The van der Waals surface area contributed by atoms with Crippen molar-refractivity contribution in [3.63, 3.8) is 0 Å². The lowest BCUT2D eigenvalue weighted by atomic mass is 10.0. The van der Waals surface area contributed by atoms with Gasteiger partial charge in [0.15, 0.2) is 5.58 Å². The van der Waals surface area contributed by atoms with E-state index in [2.05, 4.69) is 20.3 Å². The maximum atomic E-state index is 5.64. The minimum atomic E-state index is 0.173. The molecule has 1 fully saturated rings. The highest BCUT2D eigenvalue weighted by molar-refractivity contribution is 5.86. The first kappa shape index (κ1) is 16.0. The van der Waals surface area contributed by atoms with Gasteiger partial charge in [0.25, 0.3) is 6.01 Å². The second-order valence-corrected chi connectivity index (χ2v) is 6.40. The summed E-state index contributed by atoms with van der Waals surface area (Å²) in [6.07, 6.45) is 1.82. The van der Waals surface area contributed by atoms with Crippen molar-refractivity contribution < 1.29 is 9.25 Å². The van der Waals surface area contributed by atoms with E-state index in [-0.39, 0.29) is 6.01 Å². The van der Waals surface area contributed by atoms with Crippen LogP contribution in [0.3, 0.4) is 0 Å². The predicted octanol–water partition coefficient (Wildman–Crippen LogP) is 2.36. The molecule has 3 heterocycles. The molecule has 27 heavy (non-hydrogen) atoms. The lowest BCUT2D eigenvalue weighted by Gasteiger charge is -2.20. The average molecular weight is 362 g/mol. The second kappa shape index (κ2) is 6.49. The Labute approximate surface area is 154 Å².